The first-order valence-corrected chi connectivity index (χ1v) is 3.09. The van der Waals surface area contributed by atoms with Crippen molar-refractivity contribution in [3.63, 3.8) is 0 Å². The first kappa shape index (κ1) is 9.17. The van der Waals surface area contributed by atoms with Gasteiger partial charge in [0.05, 0.1) is 0 Å². The summed E-state index contributed by atoms with van der Waals surface area (Å²) in [6.45, 7) is 5.90. The molecule has 0 aliphatic heterocycles. The lowest BCUT2D eigenvalue weighted by molar-refractivity contribution is -0.124. The highest BCUT2D eigenvalue weighted by atomic mass is 16.5. The van der Waals surface area contributed by atoms with Crippen molar-refractivity contribution in [2.75, 3.05) is 0 Å². The van der Waals surface area contributed by atoms with Crippen molar-refractivity contribution in [2.24, 2.45) is 5.41 Å². The molecule has 0 aliphatic carbocycles. The van der Waals surface area contributed by atoms with Crippen LogP contribution in [0.15, 0.2) is 12.2 Å². The standard InChI is InChI=1S/C7H13NO2/c1-7(2,3)5-4-6(9)8-10/h4-5,10H,1-3H3,(H,8,9). The molecular formula is C7H13NO2. The molecule has 0 aromatic rings. The van der Waals surface area contributed by atoms with Crippen LogP contribution in [0, 0.1) is 5.41 Å². The van der Waals surface area contributed by atoms with Gasteiger partial charge in [-0.1, -0.05) is 26.8 Å². The number of allylic oxidation sites excluding steroid dienone is 1. The Morgan fingerprint density at radius 1 is 1.50 bits per heavy atom. The van der Waals surface area contributed by atoms with E-state index in [1.54, 1.807) is 6.08 Å². The normalized spacial score (nSPS) is 12.0. The molecule has 0 aromatic heterocycles. The number of carbonyl (C=O) groups excluding carboxylic acids is 1. The molecule has 0 aromatic carbocycles. The van der Waals surface area contributed by atoms with Gasteiger partial charge in [0, 0.05) is 6.08 Å². The lowest BCUT2D eigenvalue weighted by Crippen LogP contribution is -2.16. The van der Waals surface area contributed by atoms with E-state index in [9.17, 15) is 4.79 Å². The van der Waals surface area contributed by atoms with Gasteiger partial charge in [-0.2, -0.15) is 0 Å². The summed E-state index contributed by atoms with van der Waals surface area (Å²) in [4.78, 5) is 10.4. The molecule has 58 valence electrons. The SMILES string of the molecule is CC(C)(C)C=CC(=O)NO. The Hall–Kier alpha value is -0.830. The van der Waals surface area contributed by atoms with Gasteiger partial charge >= 0.3 is 0 Å². The Bertz CT molecular complexity index is 144. The number of hydroxylamine groups is 1. The van der Waals surface area contributed by atoms with Crippen molar-refractivity contribution in [1.82, 2.24) is 5.48 Å². The highest BCUT2D eigenvalue weighted by Crippen LogP contribution is 2.13. The van der Waals surface area contributed by atoms with Crippen LogP contribution in [0.25, 0.3) is 0 Å². The molecule has 0 heterocycles. The second-order valence-corrected chi connectivity index (χ2v) is 3.18. The molecule has 0 spiro atoms. The van der Waals surface area contributed by atoms with E-state index in [0.29, 0.717) is 0 Å². The average molecular weight is 143 g/mol. The second kappa shape index (κ2) is 3.37. The molecule has 3 heteroatoms. The Balaban J connectivity index is 3.88. The van der Waals surface area contributed by atoms with Crippen LogP contribution in [0.5, 0.6) is 0 Å². The molecule has 1 amide bonds. The number of rotatable bonds is 1. The zero-order valence-electron chi connectivity index (χ0n) is 6.51. The van der Waals surface area contributed by atoms with Gasteiger partial charge < -0.3 is 0 Å². The molecule has 3 nitrogen and oxygen atoms in total. The maximum Gasteiger partial charge on any atom is 0.267 e. The summed E-state index contributed by atoms with van der Waals surface area (Å²) in [6.07, 6.45) is 3.03. The third-order valence-electron chi connectivity index (χ3n) is 0.845. The zero-order chi connectivity index (χ0) is 8.20. The van der Waals surface area contributed by atoms with Crippen LogP contribution in [0.2, 0.25) is 0 Å². The van der Waals surface area contributed by atoms with Crippen molar-refractivity contribution in [2.45, 2.75) is 20.8 Å². The van der Waals surface area contributed by atoms with E-state index < -0.39 is 5.91 Å². The van der Waals surface area contributed by atoms with Gasteiger partial charge in [-0.3, -0.25) is 10.0 Å². The molecule has 0 rings (SSSR count). The fourth-order valence-corrected chi connectivity index (χ4v) is 0.363. The van der Waals surface area contributed by atoms with Crippen molar-refractivity contribution >= 4 is 5.91 Å². The predicted molar refractivity (Wildman–Crippen MR) is 38.5 cm³/mol. The van der Waals surface area contributed by atoms with E-state index >= 15 is 0 Å². The number of carbonyl (C=O) groups is 1. The van der Waals surface area contributed by atoms with Crippen molar-refractivity contribution < 1.29 is 10.0 Å². The summed E-state index contributed by atoms with van der Waals surface area (Å²) < 4.78 is 0. The third-order valence-corrected chi connectivity index (χ3v) is 0.845. The van der Waals surface area contributed by atoms with Gasteiger partial charge in [0.1, 0.15) is 0 Å². The van der Waals surface area contributed by atoms with Crippen molar-refractivity contribution in [3.8, 4) is 0 Å². The maximum absolute atomic E-state index is 10.4. The molecule has 0 bridgehead atoms. The summed E-state index contributed by atoms with van der Waals surface area (Å²) in [7, 11) is 0. The second-order valence-electron chi connectivity index (χ2n) is 3.18. The van der Waals surface area contributed by atoms with Crippen LogP contribution < -0.4 is 5.48 Å². The van der Waals surface area contributed by atoms with Gasteiger partial charge in [0.2, 0.25) is 0 Å². The maximum atomic E-state index is 10.4. The number of hydrogen-bond donors (Lipinski definition) is 2. The summed E-state index contributed by atoms with van der Waals surface area (Å²) in [6, 6.07) is 0. The molecule has 0 unspecified atom stereocenters. The highest BCUT2D eigenvalue weighted by Gasteiger charge is 2.04. The van der Waals surface area contributed by atoms with Gasteiger partial charge in [0.25, 0.3) is 5.91 Å². The summed E-state index contributed by atoms with van der Waals surface area (Å²) in [5.74, 6) is -0.491. The van der Waals surface area contributed by atoms with Crippen LogP contribution in [0.3, 0.4) is 0 Å². The summed E-state index contributed by atoms with van der Waals surface area (Å²) >= 11 is 0. The molecule has 0 atom stereocenters. The molecule has 10 heavy (non-hydrogen) atoms. The summed E-state index contributed by atoms with van der Waals surface area (Å²) in [5, 5.41) is 8.08. The van der Waals surface area contributed by atoms with E-state index in [-0.39, 0.29) is 5.41 Å². The van der Waals surface area contributed by atoms with Gasteiger partial charge in [-0.25, -0.2) is 5.48 Å². The minimum atomic E-state index is -0.491. The van der Waals surface area contributed by atoms with E-state index in [1.165, 1.54) is 11.6 Å². The van der Waals surface area contributed by atoms with E-state index in [4.69, 9.17) is 5.21 Å². The Kier molecular flexibility index (Phi) is 3.09. The minimum absolute atomic E-state index is 0.0213. The van der Waals surface area contributed by atoms with Crippen LogP contribution >= 0.6 is 0 Å². The molecule has 0 saturated heterocycles. The number of nitrogens with one attached hydrogen (secondary N) is 1. The molecule has 0 saturated carbocycles. The first-order chi connectivity index (χ1) is 4.45. The van der Waals surface area contributed by atoms with Gasteiger partial charge in [0.15, 0.2) is 0 Å². The Morgan fingerprint density at radius 2 is 2.00 bits per heavy atom. The van der Waals surface area contributed by atoms with Crippen LogP contribution in [-0.4, -0.2) is 11.1 Å². The Labute approximate surface area is 60.7 Å². The fraction of sp³-hybridized carbons (Fsp3) is 0.571. The lowest BCUT2D eigenvalue weighted by Gasteiger charge is -2.09. The van der Waals surface area contributed by atoms with Crippen molar-refractivity contribution in [3.05, 3.63) is 12.2 Å². The van der Waals surface area contributed by atoms with E-state index in [1.807, 2.05) is 20.8 Å². The van der Waals surface area contributed by atoms with Gasteiger partial charge in [-0.15, -0.1) is 0 Å². The van der Waals surface area contributed by atoms with Crippen LogP contribution in [0.1, 0.15) is 20.8 Å². The first-order valence-electron chi connectivity index (χ1n) is 3.09. The summed E-state index contributed by atoms with van der Waals surface area (Å²) in [5.41, 5.74) is 1.49. The topological polar surface area (TPSA) is 49.3 Å². The quantitative estimate of drug-likeness (QED) is 0.328. The largest absolute Gasteiger partial charge is 0.288 e. The molecular weight excluding hydrogens is 130 g/mol. The predicted octanol–water partition coefficient (Wildman–Crippen LogP) is 1.09. The smallest absolute Gasteiger partial charge is 0.267 e. The van der Waals surface area contributed by atoms with Crippen molar-refractivity contribution in [1.29, 1.82) is 0 Å². The Morgan fingerprint density at radius 3 is 2.30 bits per heavy atom. The average Bonchev–Trinajstić information content (AvgIpc) is 1.81. The fourth-order valence-electron chi connectivity index (χ4n) is 0.363. The number of hydrogen-bond acceptors (Lipinski definition) is 2. The lowest BCUT2D eigenvalue weighted by atomic mass is 9.96. The molecule has 0 fully saturated rings. The monoisotopic (exact) mass is 143 g/mol. The van der Waals surface area contributed by atoms with E-state index in [2.05, 4.69) is 0 Å². The molecule has 0 aliphatic rings. The molecule has 2 N–H and O–H groups in total. The number of amides is 1. The van der Waals surface area contributed by atoms with E-state index in [0.717, 1.165) is 0 Å². The highest BCUT2D eigenvalue weighted by molar-refractivity contribution is 5.86. The third kappa shape index (κ3) is 5.31. The van der Waals surface area contributed by atoms with Gasteiger partial charge in [-0.05, 0) is 5.41 Å². The van der Waals surface area contributed by atoms with Crippen LogP contribution in [0.4, 0.5) is 0 Å². The van der Waals surface area contributed by atoms with Crippen LogP contribution in [-0.2, 0) is 4.79 Å². The zero-order valence-corrected chi connectivity index (χ0v) is 6.51. The minimum Gasteiger partial charge on any atom is -0.288 e. The molecule has 0 radical (unpaired) electrons.